The lowest BCUT2D eigenvalue weighted by Gasteiger charge is -2.24. The lowest BCUT2D eigenvalue weighted by Crippen LogP contribution is -2.28. The van der Waals surface area contributed by atoms with Gasteiger partial charge in [-0.15, -0.1) is 0 Å². The molecule has 1 aliphatic heterocycles. The fourth-order valence-corrected chi connectivity index (χ4v) is 2.68. The van der Waals surface area contributed by atoms with E-state index in [1.807, 2.05) is 35.7 Å². The Hall–Kier alpha value is -1.62. The molecule has 0 amide bonds. The molecule has 1 saturated heterocycles. The number of hydrogen-bond donors (Lipinski definition) is 1. The van der Waals surface area contributed by atoms with Crippen molar-refractivity contribution in [2.45, 2.75) is 31.8 Å². The summed E-state index contributed by atoms with van der Waals surface area (Å²) in [5.74, 6) is 0. The molecule has 0 bridgehead atoms. The van der Waals surface area contributed by atoms with Crippen molar-refractivity contribution >= 4 is 0 Å². The number of aromatic nitrogens is 4. The van der Waals surface area contributed by atoms with Crippen molar-refractivity contribution in [2.75, 3.05) is 13.1 Å². The molecule has 96 valence electrons. The van der Waals surface area contributed by atoms with E-state index in [2.05, 4.69) is 26.9 Å². The summed E-state index contributed by atoms with van der Waals surface area (Å²) >= 11 is 0. The van der Waals surface area contributed by atoms with Crippen molar-refractivity contribution in [2.24, 2.45) is 0 Å². The van der Waals surface area contributed by atoms with Gasteiger partial charge in [-0.2, -0.15) is 5.10 Å². The molecule has 3 rings (SSSR count). The molecule has 2 aromatic rings. The van der Waals surface area contributed by atoms with E-state index < -0.39 is 0 Å². The van der Waals surface area contributed by atoms with Gasteiger partial charge in [0.1, 0.15) is 0 Å². The second kappa shape index (κ2) is 4.57. The summed E-state index contributed by atoms with van der Waals surface area (Å²) in [6, 6.07) is 1.96. The molecular weight excluding hydrogens is 226 g/mol. The summed E-state index contributed by atoms with van der Waals surface area (Å²) in [6.07, 6.45) is 8.94. The number of aryl methyl sites for hydroxylation is 2. The van der Waals surface area contributed by atoms with Crippen LogP contribution in [0.25, 0.3) is 0 Å². The van der Waals surface area contributed by atoms with Crippen molar-refractivity contribution < 1.29 is 0 Å². The zero-order chi connectivity index (χ0) is 12.4. The van der Waals surface area contributed by atoms with Crippen LogP contribution >= 0.6 is 0 Å². The first-order chi connectivity index (χ1) is 8.78. The number of rotatable bonds is 4. The van der Waals surface area contributed by atoms with E-state index in [-0.39, 0.29) is 5.41 Å². The second-order valence-electron chi connectivity index (χ2n) is 5.23. The van der Waals surface area contributed by atoms with E-state index in [9.17, 15) is 0 Å². The third kappa shape index (κ3) is 2.06. The maximum absolute atomic E-state index is 4.32. The zero-order valence-electron chi connectivity index (χ0n) is 10.7. The molecular formula is C13H19N5. The van der Waals surface area contributed by atoms with Crippen LogP contribution in [0.4, 0.5) is 0 Å². The van der Waals surface area contributed by atoms with E-state index in [1.54, 1.807) is 0 Å². The standard InChI is InChI=1S/C13H19N5/c1-13(3-5-14-10-13)12-9-15-11-17(12)7-8-18-6-2-4-16-18/h2,4,6,9,11,14H,3,5,7-8,10H2,1H3. The van der Waals surface area contributed by atoms with Gasteiger partial charge in [-0.1, -0.05) is 6.92 Å². The van der Waals surface area contributed by atoms with Crippen LogP contribution in [0.2, 0.25) is 0 Å². The van der Waals surface area contributed by atoms with Crippen LogP contribution in [-0.2, 0) is 18.5 Å². The molecule has 0 aliphatic carbocycles. The normalized spacial score (nSPS) is 23.6. The van der Waals surface area contributed by atoms with Crippen molar-refractivity contribution in [3.8, 4) is 0 Å². The second-order valence-corrected chi connectivity index (χ2v) is 5.23. The van der Waals surface area contributed by atoms with Gasteiger partial charge >= 0.3 is 0 Å². The maximum atomic E-state index is 4.32. The van der Waals surface area contributed by atoms with E-state index >= 15 is 0 Å². The maximum Gasteiger partial charge on any atom is 0.0949 e. The summed E-state index contributed by atoms with van der Waals surface area (Å²) in [4.78, 5) is 4.32. The summed E-state index contributed by atoms with van der Waals surface area (Å²) in [5.41, 5.74) is 1.56. The molecule has 0 spiro atoms. The first kappa shape index (κ1) is 11.5. The van der Waals surface area contributed by atoms with Crippen molar-refractivity contribution in [1.82, 2.24) is 24.6 Å². The number of nitrogens with zero attached hydrogens (tertiary/aromatic N) is 4. The Bertz CT molecular complexity index is 493. The number of nitrogens with one attached hydrogen (secondary N) is 1. The molecule has 1 aliphatic rings. The topological polar surface area (TPSA) is 47.7 Å². The zero-order valence-corrected chi connectivity index (χ0v) is 10.7. The van der Waals surface area contributed by atoms with E-state index in [4.69, 9.17) is 0 Å². The first-order valence-corrected chi connectivity index (χ1v) is 6.47. The summed E-state index contributed by atoms with van der Waals surface area (Å²) < 4.78 is 4.22. The molecule has 2 aromatic heterocycles. The van der Waals surface area contributed by atoms with Gasteiger partial charge in [0.05, 0.1) is 12.9 Å². The smallest absolute Gasteiger partial charge is 0.0949 e. The van der Waals surface area contributed by atoms with Gasteiger partial charge in [0.2, 0.25) is 0 Å². The molecule has 3 heterocycles. The van der Waals surface area contributed by atoms with Crippen molar-refractivity contribution in [1.29, 1.82) is 0 Å². The monoisotopic (exact) mass is 245 g/mol. The van der Waals surface area contributed by atoms with E-state index in [0.717, 1.165) is 26.2 Å². The highest BCUT2D eigenvalue weighted by atomic mass is 15.3. The molecule has 1 N–H and O–H groups in total. The fourth-order valence-electron chi connectivity index (χ4n) is 2.68. The minimum Gasteiger partial charge on any atom is -0.332 e. The molecule has 1 fully saturated rings. The van der Waals surface area contributed by atoms with E-state index in [0.29, 0.717) is 0 Å². The largest absolute Gasteiger partial charge is 0.332 e. The number of hydrogen-bond acceptors (Lipinski definition) is 3. The fraction of sp³-hybridized carbons (Fsp3) is 0.538. The first-order valence-electron chi connectivity index (χ1n) is 6.47. The summed E-state index contributed by atoms with van der Waals surface area (Å²) in [5, 5.41) is 7.67. The van der Waals surface area contributed by atoms with Crippen molar-refractivity contribution in [3.05, 3.63) is 36.7 Å². The molecule has 5 nitrogen and oxygen atoms in total. The molecule has 5 heteroatoms. The van der Waals surface area contributed by atoms with Crippen LogP contribution in [0.3, 0.4) is 0 Å². The third-order valence-corrected chi connectivity index (χ3v) is 3.83. The third-order valence-electron chi connectivity index (χ3n) is 3.83. The van der Waals surface area contributed by atoms with E-state index in [1.165, 1.54) is 12.1 Å². The molecule has 1 unspecified atom stereocenters. The summed E-state index contributed by atoms with van der Waals surface area (Å²) in [7, 11) is 0. The molecule has 0 aromatic carbocycles. The number of imidazole rings is 1. The average Bonchev–Trinajstić information content (AvgIpc) is 3.08. The molecule has 0 radical (unpaired) electrons. The Morgan fingerprint density at radius 2 is 2.39 bits per heavy atom. The average molecular weight is 245 g/mol. The van der Waals surface area contributed by atoms with Gasteiger partial charge < -0.3 is 9.88 Å². The summed E-state index contributed by atoms with van der Waals surface area (Å²) in [6.45, 7) is 6.27. The van der Waals surface area contributed by atoms with Crippen LogP contribution in [-0.4, -0.2) is 32.4 Å². The minimum atomic E-state index is 0.223. The predicted molar refractivity (Wildman–Crippen MR) is 69.3 cm³/mol. The highest BCUT2D eigenvalue weighted by molar-refractivity contribution is 5.17. The van der Waals surface area contributed by atoms with Gasteiger partial charge in [0.25, 0.3) is 0 Å². The Balaban J connectivity index is 1.75. The molecule has 18 heavy (non-hydrogen) atoms. The molecule has 0 saturated carbocycles. The quantitative estimate of drug-likeness (QED) is 0.875. The van der Waals surface area contributed by atoms with Crippen LogP contribution < -0.4 is 5.32 Å². The highest BCUT2D eigenvalue weighted by Gasteiger charge is 2.33. The van der Waals surface area contributed by atoms with Crippen LogP contribution in [0, 0.1) is 0 Å². The van der Waals surface area contributed by atoms with Gasteiger partial charge in [-0.05, 0) is 19.0 Å². The van der Waals surface area contributed by atoms with Gasteiger partial charge in [0.15, 0.2) is 0 Å². The van der Waals surface area contributed by atoms with Crippen LogP contribution in [0.1, 0.15) is 19.0 Å². The Morgan fingerprint density at radius 3 is 3.11 bits per heavy atom. The Kier molecular flexibility index (Phi) is 2.91. The molecule has 1 atom stereocenters. The predicted octanol–water partition coefficient (Wildman–Crippen LogP) is 1.03. The van der Waals surface area contributed by atoms with Crippen LogP contribution in [0.15, 0.2) is 31.0 Å². The highest BCUT2D eigenvalue weighted by Crippen LogP contribution is 2.29. The Labute approximate surface area is 107 Å². The van der Waals surface area contributed by atoms with Gasteiger partial charge in [-0.3, -0.25) is 4.68 Å². The van der Waals surface area contributed by atoms with Crippen molar-refractivity contribution in [3.63, 3.8) is 0 Å². The van der Waals surface area contributed by atoms with Gasteiger partial charge in [0, 0.05) is 42.8 Å². The minimum absolute atomic E-state index is 0.223. The van der Waals surface area contributed by atoms with Gasteiger partial charge in [-0.25, -0.2) is 4.98 Å². The Morgan fingerprint density at radius 1 is 1.44 bits per heavy atom. The lowest BCUT2D eigenvalue weighted by molar-refractivity contribution is 0.449. The lowest BCUT2D eigenvalue weighted by atomic mass is 9.86. The SMILES string of the molecule is CC1(c2cncn2CCn2cccn2)CCNC1. The van der Waals surface area contributed by atoms with Crippen LogP contribution in [0.5, 0.6) is 0 Å².